The predicted octanol–water partition coefficient (Wildman–Crippen LogP) is 3.15. The van der Waals surface area contributed by atoms with Crippen LogP contribution in [-0.2, 0) is 4.79 Å². The molecule has 2 aliphatic rings. The van der Waals surface area contributed by atoms with Crippen LogP contribution in [0.2, 0.25) is 0 Å². The van der Waals surface area contributed by atoms with E-state index in [2.05, 4.69) is 51.5 Å². The van der Waals surface area contributed by atoms with E-state index in [1.807, 2.05) is 30.3 Å². The minimum Gasteiger partial charge on any atom is -0.369 e. The summed E-state index contributed by atoms with van der Waals surface area (Å²) in [6.07, 6.45) is 2.69. The fourth-order valence-corrected chi connectivity index (χ4v) is 3.62. The van der Waals surface area contributed by atoms with Crippen molar-refractivity contribution in [3.63, 3.8) is 0 Å². The van der Waals surface area contributed by atoms with Gasteiger partial charge in [0.05, 0.1) is 5.70 Å². The molecule has 0 amide bonds. The molecule has 0 saturated carbocycles. The zero-order valence-corrected chi connectivity index (χ0v) is 14.3. The van der Waals surface area contributed by atoms with E-state index in [1.165, 1.54) is 5.69 Å². The van der Waals surface area contributed by atoms with Crippen molar-refractivity contribution in [1.29, 1.82) is 0 Å². The number of anilines is 2. The highest BCUT2D eigenvalue weighted by Crippen LogP contribution is 2.24. The Kier molecular flexibility index (Phi) is 4.53. The van der Waals surface area contributed by atoms with Gasteiger partial charge < -0.3 is 10.2 Å². The summed E-state index contributed by atoms with van der Waals surface area (Å²) in [6.45, 7) is 3.98. The Morgan fingerprint density at radius 1 is 0.840 bits per heavy atom. The molecule has 4 rings (SSSR count). The second-order valence-electron chi connectivity index (χ2n) is 6.62. The molecule has 1 aliphatic heterocycles. The lowest BCUT2D eigenvalue weighted by molar-refractivity contribution is -0.115. The average molecular weight is 333 g/mol. The molecule has 1 atom stereocenters. The van der Waals surface area contributed by atoms with E-state index in [1.54, 1.807) is 0 Å². The van der Waals surface area contributed by atoms with E-state index in [4.69, 9.17) is 0 Å². The molecule has 2 aromatic carbocycles. The molecule has 0 aromatic heterocycles. The van der Waals surface area contributed by atoms with Crippen molar-refractivity contribution >= 4 is 17.2 Å². The van der Waals surface area contributed by atoms with Crippen LogP contribution in [0, 0.1) is 0 Å². The van der Waals surface area contributed by atoms with Crippen molar-refractivity contribution in [2.45, 2.75) is 12.5 Å². The van der Waals surface area contributed by atoms with Crippen molar-refractivity contribution in [1.82, 2.24) is 4.90 Å². The fraction of sp³-hybridized carbons (Fsp3) is 0.286. The summed E-state index contributed by atoms with van der Waals surface area (Å²) in [5.74, 6) is 0.208. The van der Waals surface area contributed by atoms with Gasteiger partial charge in [0, 0.05) is 50.0 Å². The predicted molar refractivity (Wildman–Crippen MR) is 102 cm³/mol. The Bertz CT molecular complexity index is 749. The minimum absolute atomic E-state index is 0.208. The highest BCUT2D eigenvalue weighted by molar-refractivity contribution is 6.01. The third kappa shape index (κ3) is 3.59. The van der Waals surface area contributed by atoms with Crippen molar-refractivity contribution in [3.05, 3.63) is 72.4 Å². The maximum atomic E-state index is 12.3. The number of piperazine rings is 1. The Balaban J connectivity index is 1.38. The number of hydrogen-bond donors (Lipinski definition) is 1. The van der Waals surface area contributed by atoms with Gasteiger partial charge in [0.25, 0.3) is 0 Å². The van der Waals surface area contributed by atoms with Gasteiger partial charge in [-0.05, 0) is 30.3 Å². The first-order valence-corrected chi connectivity index (χ1v) is 8.91. The van der Waals surface area contributed by atoms with Gasteiger partial charge in [0.1, 0.15) is 0 Å². The number of Topliss-reactive ketones (excluding diaryl/α,β-unsaturated/α-hetero) is 1. The third-order valence-electron chi connectivity index (χ3n) is 5.01. The van der Waals surface area contributed by atoms with Crippen molar-refractivity contribution < 1.29 is 4.79 Å². The largest absolute Gasteiger partial charge is 0.369 e. The molecule has 1 aliphatic carbocycles. The van der Waals surface area contributed by atoms with Crippen LogP contribution in [0.15, 0.2) is 72.4 Å². The van der Waals surface area contributed by atoms with Crippen LogP contribution in [0.4, 0.5) is 11.4 Å². The zero-order chi connectivity index (χ0) is 17.1. The van der Waals surface area contributed by atoms with E-state index in [0.29, 0.717) is 6.42 Å². The molecule has 25 heavy (non-hydrogen) atoms. The van der Waals surface area contributed by atoms with Crippen LogP contribution in [0.3, 0.4) is 0 Å². The lowest BCUT2D eigenvalue weighted by atomic mass is 10.1. The summed E-state index contributed by atoms with van der Waals surface area (Å²) in [6, 6.07) is 20.7. The molecule has 4 heteroatoms. The van der Waals surface area contributed by atoms with Gasteiger partial charge in [-0.2, -0.15) is 0 Å². The van der Waals surface area contributed by atoms with Crippen LogP contribution in [0.5, 0.6) is 0 Å². The number of para-hydroxylation sites is 2. The van der Waals surface area contributed by atoms with Crippen LogP contribution in [0.25, 0.3) is 0 Å². The topological polar surface area (TPSA) is 35.6 Å². The SMILES string of the molecule is O=C1C[C@@H](N2CCN(c3ccccc3)CC2)C=C1Nc1ccccc1. The molecular weight excluding hydrogens is 310 g/mol. The Morgan fingerprint density at radius 3 is 2.16 bits per heavy atom. The maximum absolute atomic E-state index is 12.3. The minimum atomic E-state index is 0.208. The number of allylic oxidation sites excluding steroid dienone is 1. The van der Waals surface area contributed by atoms with Gasteiger partial charge in [0.15, 0.2) is 5.78 Å². The highest BCUT2D eigenvalue weighted by atomic mass is 16.1. The molecule has 0 bridgehead atoms. The number of ketones is 1. The molecule has 1 saturated heterocycles. The quantitative estimate of drug-likeness (QED) is 0.932. The number of benzene rings is 2. The summed E-state index contributed by atoms with van der Waals surface area (Å²) in [5, 5.41) is 3.27. The lowest BCUT2D eigenvalue weighted by Gasteiger charge is -2.38. The van der Waals surface area contributed by atoms with Gasteiger partial charge in [-0.3, -0.25) is 9.69 Å². The van der Waals surface area contributed by atoms with Gasteiger partial charge in [-0.15, -0.1) is 0 Å². The van der Waals surface area contributed by atoms with Crippen LogP contribution in [0.1, 0.15) is 6.42 Å². The Labute approximate surface area is 148 Å². The van der Waals surface area contributed by atoms with E-state index in [-0.39, 0.29) is 11.8 Å². The first-order valence-electron chi connectivity index (χ1n) is 8.91. The standard InChI is InChI=1S/C21H23N3O/c25-21-16-19(15-20(21)22-17-7-3-1-4-8-17)24-13-11-23(12-14-24)18-9-5-2-6-10-18/h1-10,15,19,22H,11-14,16H2/t19-/m0/s1. The molecular formula is C21H23N3O. The summed E-state index contributed by atoms with van der Waals surface area (Å²) in [7, 11) is 0. The molecule has 0 radical (unpaired) electrons. The molecule has 4 nitrogen and oxygen atoms in total. The third-order valence-corrected chi connectivity index (χ3v) is 5.01. The van der Waals surface area contributed by atoms with Gasteiger partial charge in [-0.25, -0.2) is 0 Å². The van der Waals surface area contributed by atoms with Crippen molar-refractivity contribution in [2.75, 3.05) is 36.4 Å². The first kappa shape index (κ1) is 15.9. The van der Waals surface area contributed by atoms with Gasteiger partial charge in [-0.1, -0.05) is 36.4 Å². The second-order valence-corrected chi connectivity index (χ2v) is 6.62. The molecule has 128 valence electrons. The number of nitrogens with one attached hydrogen (secondary N) is 1. The first-order chi connectivity index (χ1) is 12.3. The number of rotatable bonds is 4. The molecule has 0 unspecified atom stereocenters. The van der Waals surface area contributed by atoms with Crippen LogP contribution in [-0.4, -0.2) is 42.9 Å². The number of hydrogen-bond acceptors (Lipinski definition) is 4. The Morgan fingerprint density at radius 2 is 1.48 bits per heavy atom. The van der Waals surface area contributed by atoms with E-state index in [0.717, 1.165) is 37.6 Å². The number of nitrogens with zero attached hydrogens (tertiary/aromatic N) is 2. The monoisotopic (exact) mass is 333 g/mol. The molecule has 1 N–H and O–H groups in total. The fourth-order valence-electron chi connectivity index (χ4n) is 3.62. The van der Waals surface area contributed by atoms with E-state index >= 15 is 0 Å². The lowest BCUT2D eigenvalue weighted by Crippen LogP contribution is -2.49. The summed E-state index contributed by atoms with van der Waals surface area (Å²) >= 11 is 0. The molecule has 1 fully saturated rings. The average Bonchev–Trinajstić information content (AvgIpc) is 3.04. The van der Waals surface area contributed by atoms with Gasteiger partial charge in [0.2, 0.25) is 0 Å². The Hall–Kier alpha value is -2.59. The van der Waals surface area contributed by atoms with Crippen molar-refractivity contribution in [2.24, 2.45) is 0 Å². The number of carbonyl (C=O) groups excluding carboxylic acids is 1. The molecule has 2 aromatic rings. The summed E-state index contributed by atoms with van der Waals surface area (Å²) < 4.78 is 0. The normalized spacial score (nSPS) is 21.3. The second kappa shape index (κ2) is 7.11. The highest BCUT2D eigenvalue weighted by Gasteiger charge is 2.30. The van der Waals surface area contributed by atoms with Crippen LogP contribution < -0.4 is 10.2 Å². The van der Waals surface area contributed by atoms with E-state index in [9.17, 15) is 4.79 Å². The van der Waals surface area contributed by atoms with Gasteiger partial charge >= 0.3 is 0 Å². The molecule has 1 heterocycles. The molecule has 0 spiro atoms. The van der Waals surface area contributed by atoms with Crippen LogP contribution >= 0.6 is 0 Å². The maximum Gasteiger partial charge on any atom is 0.180 e. The van der Waals surface area contributed by atoms with Crippen molar-refractivity contribution in [3.8, 4) is 0 Å². The summed E-state index contributed by atoms with van der Waals surface area (Å²) in [5.41, 5.74) is 2.99. The zero-order valence-electron chi connectivity index (χ0n) is 14.3. The smallest absolute Gasteiger partial charge is 0.180 e. The number of carbonyl (C=O) groups is 1. The summed E-state index contributed by atoms with van der Waals surface area (Å²) in [4.78, 5) is 17.2. The van der Waals surface area contributed by atoms with E-state index < -0.39 is 0 Å².